The van der Waals surface area contributed by atoms with Crippen LogP contribution in [0.2, 0.25) is 0 Å². The third-order valence-corrected chi connectivity index (χ3v) is 6.49. The lowest BCUT2D eigenvalue weighted by Crippen LogP contribution is -2.47. The highest BCUT2D eigenvalue weighted by Crippen LogP contribution is 2.20. The second-order valence-corrected chi connectivity index (χ2v) is 8.81. The monoisotopic (exact) mass is 353 g/mol. The second kappa shape index (κ2) is 7.78. The van der Waals surface area contributed by atoms with Gasteiger partial charge in [-0.1, -0.05) is 54.6 Å². The smallest absolute Gasteiger partial charge is 0.393 e. The van der Waals surface area contributed by atoms with Crippen molar-refractivity contribution in [1.82, 2.24) is 4.90 Å². The van der Waals surface area contributed by atoms with Crippen LogP contribution in [0.25, 0.3) is 0 Å². The van der Waals surface area contributed by atoms with Crippen molar-refractivity contribution in [2.24, 2.45) is 5.92 Å². The molecule has 0 aliphatic carbocycles. The maximum Gasteiger partial charge on any atom is 0.393 e. The average molecular weight is 353 g/mol. The number of carbonyl (C=O) groups excluding carboxylic acids is 1. The first-order valence-electron chi connectivity index (χ1n) is 8.60. The van der Waals surface area contributed by atoms with E-state index in [1.807, 2.05) is 59.5 Å². The van der Waals surface area contributed by atoms with Crippen LogP contribution >= 0.6 is 0 Å². The number of piperidine rings is 1. The van der Waals surface area contributed by atoms with Crippen LogP contribution in [-0.2, 0) is 0 Å². The summed E-state index contributed by atoms with van der Waals surface area (Å²) in [5, 5.41) is 0.586. The van der Waals surface area contributed by atoms with E-state index in [0.717, 1.165) is 18.4 Å². The lowest BCUT2D eigenvalue weighted by atomic mass is 9.96. The van der Waals surface area contributed by atoms with Gasteiger partial charge in [-0.15, -0.1) is 0 Å². The van der Waals surface area contributed by atoms with Crippen molar-refractivity contribution in [2.45, 2.75) is 12.8 Å². The molecule has 4 nitrogen and oxygen atoms in total. The van der Waals surface area contributed by atoms with Crippen LogP contribution in [0.15, 0.2) is 72.4 Å². The minimum absolute atomic E-state index is 0.0698. The van der Waals surface area contributed by atoms with Gasteiger partial charge in [0.15, 0.2) is 0 Å². The lowest BCUT2D eigenvalue weighted by molar-refractivity contribution is 0.0705. The Balaban J connectivity index is 1.57. The molecule has 5 heteroatoms. The molecule has 0 radical (unpaired) electrons. The summed E-state index contributed by atoms with van der Waals surface area (Å²) >= 11 is 0. The Labute approximate surface area is 149 Å². The molecule has 0 saturated carbocycles. The van der Waals surface area contributed by atoms with Crippen molar-refractivity contribution in [3.8, 4) is 0 Å². The van der Waals surface area contributed by atoms with Crippen LogP contribution in [0.4, 0.5) is 0 Å². The molecule has 0 aromatic heterocycles. The Bertz CT molecular complexity index is 723. The molecule has 1 amide bonds. The van der Waals surface area contributed by atoms with Gasteiger partial charge in [0.2, 0.25) is 0 Å². The summed E-state index contributed by atoms with van der Waals surface area (Å²) in [7, 11) is -3.52. The predicted octanol–water partition coefficient (Wildman–Crippen LogP) is 1.97. The van der Waals surface area contributed by atoms with Crippen molar-refractivity contribution >= 4 is 19.7 Å². The van der Waals surface area contributed by atoms with Crippen molar-refractivity contribution in [3.05, 3.63) is 78.0 Å². The molecule has 2 aromatic carbocycles. The maximum absolute atomic E-state index is 12.4. The number of rotatable bonds is 4. The fourth-order valence-electron chi connectivity index (χ4n) is 3.11. The molecular weight excluding hydrogens is 330 g/mol. The highest BCUT2D eigenvalue weighted by molar-refractivity contribution is 6.83. The van der Waals surface area contributed by atoms with Crippen molar-refractivity contribution in [2.75, 3.05) is 13.1 Å². The number of amides is 1. The minimum atomic E-state index is -3.52. The molecule has 0 bridgehead atoms. The quantitative estimate of drug-likeness (QED) is 0.826. The molecule has 0 unspecified atom stereocenters. The maximum atomic E-state index is 12.4. The van der Waals surface area contributed by atoms with Gasteiger partial charge in [-0.25, -0.2) is 0 Å². The van der Waals surface area contributed by atoms with Gasteiger partial charge in [-0.05, 0) is 41.8 Å². The van der Waals surface area contributed by atoms with Crippen molar-refractivity contribution < 1.29 is 14.4 Å². The summed E-state index contributed by atoms with van der Waals surface area (Å²) in [6.07, 6.45) is 3.60. The first-order chi connectivity index (χ1) is 12.1. The zero-order valence-corrected chi connectivity index (χ0v) is 15.1. The zero-order valence-electron chi connectivity index (χ0n) is 14.1. The van der Waals surface area contributed by atoms with E-state index in [0.29, 0.717) is 18.3 Å². The van der Waals surface area contributed by atoms with Crippen molar-refractivity contribution in [1.29, 1.82) is 0 Å². The summed E-state index contributed by atoms with van der Waals surface area (Å²) in [4.78, 5) is 35.0. The van der Waals surface area contributed by atoms with Gasteiger partial charge in [0.1, 0.15) is 0 Å². The molecule has 2 N–H and O–H groups in total. The molecule has 0 spiro atoms. The van der Waals surface area contributed by atoms with Gasteiger partial charge >= 0.3 is 8.56 Å². The van der Waals surface area contributed by atoms with E-state index in [2.05, 4.69) is 0 Å². The van der Waals surface area contributed by atoms with Crippen LogP contribution in [0.1, 0.15) is 23.2 Å². The topological polar surface area (TPSA) is 60.8 Å². The summed E-state index contributed by atoms with van der Waals surface area (Å²) < 4.78 is 0. The van der Waals surface area contributed by atoms with Gasteiger partial charge < -0.3 is 14.5 Å². The van der Waals surface area contributed by atoms with Gasteiger partial charge in [0.25, 0.3) is 5.91 Å². The molecule has 0 atom stereocenters. The normalized spacial score (nSPS) is 16.3. The molecule has 1 aliphatic heterocycles. The number of carbonyl (C=O) groups is 1. The summed E-state index contributed by atoms with van der Waals surface area (Å²) in [6, 6.07) is 18.3. The Morgan fingerprint density at radius 1 is 0.960 bits per heavy atom. The fraction of sp³-hybridized carbons (Fsp3) is 0.250. The van der Waals surface area contributed by atoms with Crippen LogP contribution in [-0.4, -0.2) is 42.0 Å². The lowest BCUT2D eigenvalue weighted by Gasteiger charge is -2.31. The zero-order chi connectivity index (χ0) is 17.7. The van der Waals surface area contributed by atoms with Gasteiger partial charge in [-0.2, -0.15) is 0 Å². The van der Waals surface area contributed by atoms with Gasteiger partial charge in [0, 0.05) is 18.7 Å². The summed E-state index contributed by atoms with van der Waals surface area (Å²) in [5.41, 5.74) is 2.31. The number of benzene rings is 2. The van der Waals surface area contributed by atoms with E-state index < -0.39 is 8.56 Å². The number of hydrogen-bond acceptors (Lipinski definition) is 3. The minimum Gasteiger partial charge on any atom is -0.404 e. The molecular formula is C20H23NO3Si. The van der Waals surface area contributed by atoms with Gasteiger partial charge in [-0.3, -0.25) is 4.79 Å². The van der Waals surface area contributed by atoms with Crippen LogP contribution < -0.4 is 5.19 Å². The molecule has 1 heterocycles. The molecule has 1 saturated heterocycles. The van der Waals surface area contributed by atoms with Crippen LogP contribution in [0.5, 0.6) is 0 Å². The molecule has 1 fully saturated rings. The molecule has 3 rings (SSSR count). The number of hydrogen-bond donors (Lipinski definition) is 2. The third kappa shape index (κ3) is 4.45. The first-order valence-corrected chi connectivity index (χ1v) is 10.6. The van der Waals surface area contributed by atoms with E-state index >= 15 is 0 Å². The van der Waals surface area contributed by atoms with E-state index in [9.17, 15) is 14.4 Å². The van der Waals surface area contributed by atoms with E-state index in [1.165, 1.54) is 0 Å². The molecule has 130 valence electrons. The largest absolute Gasteiger partial charge is 0.404 e. The highest BCUT2D eigenvalue weighted by Gasteiger charge is 2.29. The predicted molar refractivity (Wildman–Crippen MR) is 100 cm³/mol. The SMILES string of the molecule is O=C(c1ccccc1)N1CCC(C=C[Si](O)(O)c2ccccc2)CC1. The average Bonchev–Trinajstić information content (AvgIpc) is 2.68. The first kappa shape index (κ1) is 17.6. The van der Waals surface area contributed by atoms with E-state index in [1.54, 1.807) is 17.8 Å². The standard InChI is InChI=1S/C20H23NO3Si/c22-20(18-7-3-1-4-8-18)21-14-11-17(12-15-21)13-16-25(23,24)19-9-5-2-6-10-19/h1-10,13,16-17,23-24H,11-12,14-15H2. The highest BCUT2D eigenvalue weighted by atomic mass is 28.4. The Morgan fingerprint density at radius 3 is 2.12 bits per heavy atom. The molecule has 2 aromatic rings. The Kier molecular flexibility index (Phi) is 5.48. The summed E-state index contributed by atoms with van der Waals surface area (Å²) in [6.45, 7) is 1.39. The number of likely N-dealkylation sites (tertiary alicyclic amines) is 1. The fourth-order valence-corrected chi connectivity index (χ4v) is 4.52. The van der Waals surface area contributed by atoms with Crippen LogP contribution in [0.3, 0.4) is 0 Å². The Hall–Kier alpha value is -2.21. The summed E-state index contributed by atoms with van der Waals surface area (Å²) in [5.74, 6) is 0.343. The second-order valence-electron chi connectivity index (χ2n) is 6.45. The molecule has 25 heavy (non-hydrogen) atoms. The van der Waals surface area contributed by atoms with E-state index in [-0.39, 0.29) is 11.8 Å². The van der Waals surface area contributed by atoms with Crippen LogP contribution in [0, 0.1) is 5.92 Å². The Morgan fingerprint density at radius 2 is 1.52 bits per heavy atom. The van der Waals surface area contributed by atoms with Crippen molar-refractivity contribution in [3.63, 3.8) is 0 Å². The van der Waals surface area contributed by atoms with E-state index in [4.69, 9.17) is 0 Å². The number of allylic oxidation sites excluding steroid dienone is 1. The molecule has 1 aliphatic rings. The third-order valence-electron chi connectivity index (χ3n) is 4.65. The number of nitrogens with zero attached hydrogens (tertiary/aromatic N) is 1. The van der Waals surface area contributed by atoms with Gasteiger partial charge in [0.05, 0.1) is 0 Å².